The summed E-state index contributed by atoms with van der Waals surface area (Å²) < 4.78 is 77.3. The molecule has 2 aliphatic heterocycles. The van der Waals surface area contributed by atoms with Crippen LogP contribution in [0.5, 0.6) is 0 Å². The van der Waals surface area contributed by atoms with E-state index in [-0.39, 0.29) is 43.8 Å². The van der Waals surface area contributed by atoms with Crippen LogP contribution in [0.4, 0.5) is 17.6 Å². The first kappa shape index (κ1) is 36.1. The van der Waals surface area contributed by atoms with Crippen molar-refractivity contribution in [1.82, 2.24) is 19.4 Å². The second-order valence-corrected chi connectivity index (χ2v) is 12.9. The molecule has 11 nitrogen and oxygen atoms in total. The summed E-state index contributed by atoms with van der Waals surface area (Å²) in [4.78, 5) is 42.0. The van der Waals surface area contributed by atoms with E-state index < -0.39 is 58.5 Å². The molecule has 3 aromatic heterocycles. The molecule has 2 aliphatic rings. The van der Waals surface area contributed by atoms with Crippen molar-refractivity contribution in [3.05, 3.63) is 121 Å². The highest BCUT2D eigenvalue weighted by molar-refractivity contribution is 5.66. The Hall–Kier alpha value is -4.73. The maximum atomic E-state index is 15.2. The molecule has 6 rings (SSSR count). The third kappa shape index (κ3) is 7.51. The number of piperidine rings is 1. The Labute approximate surface area is 289 Å². The summed E-state index contributed by atoms with van der Waals surface area (Å²) in [7, 11) is 0. The van der Waals surface area contributed by atoms with E-state index in [9.17, 15) is 27.6 Å². The topological polar surface area (TPSA) is 132 Å². The lowest BCUT2D eigenvalue weighted by Crippen LogP contribution is -2.50. The van der Waals surface area contributed by atoms with Gasteiger partial charge in [0.1, 0.15) is 34.5 Å². The highest BCUT2D eigenvalue weighted by Gasteiger charge is 2.47. The number of rotatable bonds is 13. The number of halogens is 4. The summed E-state index contributed by atoms with van der Waals surface area (Å²) in [6, 6.07) is 8.82. The number of carbonyl (C=O) groups is 1. The predicted octanol–water partition coefficient (Wildman–Crippen LogP) is 5.57. The van der Waals surface area contributed by atoms with E-state index in [2.05, 4.69) is 16.8 Å². The van der Waals surface area contributed by atoms with Crippen LogP contribution in [0.1, 0.15) is 77.2 Å². The van der Waals surface area contributed by atoms with Crippen LogP contribution in [0.15, 0.2) is 67.5 Å². The van der Waals surface area contributed by atoms with Crippen molar-refractivity contribution in [2.45, 2.75) is 76.7 Å². The number of nitrogens with zero attached hydrogens (tertiary/aromatic N) is 3. The van der Waals surface area contributed by atoms with Gasteiger partial charge in [0.25, 0.3) is 5.56 Å². The predicted molar refractivity (Wildman–Crippen MR) is 176 cm³/mol. The van der Waals surface area contributed by atoms with Gasteiger partial charge in [-0.25, -0.2) is 9.18 Å². The molecule has 1 fully saturated rings. The van der Waals surface area contributed by atoms with Crippen LogP contribution in [0.2, 0.25) is 0 Å². The Balaban J connectivity index is 1.41. The minimum atomic E-state index is -4.91. The third-order valence-corrected chi connectivity index (χ3v) is 9.57. The van der Waals surface area contributed by atoms with Gasteiger partial charge < -0.3 is 24.0 Å². The highest BCUT2D eigenvalue weighted by atomic mass is 19.4. The Morgan fingerprint density at radius 2 is 1.84 bits per heavy atom. The van der Waals surface area contributed by atoms with Gasteiger partial charge in [0.05, 0.1) is 49.1 Å². The van der Waals surface area contributed by atoms with Crippen molar-refractivity contribution in [3.63, 3.8) is 0 Å². The summed E-state index contributed by atoms with van der Waals surface area (Å²) >= 11 is 0. The number of aliphatic carboxylic acids is 1. The second-order valence-electron chi connectivity index (χ2n) is 12.9. The molecule has 272 valence electrons. The normalized spacial score (nSPS) is 16.4. The number of furan rings is 2. The van der Waals surface area contributed by atoms with E-state index >= 15 is 4.39 Å². The van der Waals surface area contributed by atoms with Crippen LogP contribution < -0.4 is 16.6 Å². The number of hydrogen-bond donors (Lipinski definition) is 2. The van der Waals surface area contributed by atoms with Crippen molar-refractivity contribution >= 4 is 12.0 Å². The van der Waals surface area contributed by atoms with E-state index in [0.29, 0.717) is 49.8 Å². The fraction of sp³-hybridized carbons (Fsp3) is 0.417. The summed E-state index contributed by atoms with van der Waals surface area (Å²) in [5.41, 5.74) is -4.47. The zero-order valence-corrected chi connectivity index (χ0v) is 27.9. The molecule has 1 unspecified atom stereocenters. The Bertz CT molecular complexity index is 2040. The summed E-state index contributed by atoms with van der Waals surface area (Å²) in [6.45, 7) is 5.74. The number of ether oxygens (including phenoxy) is 1. The molecule has 15 heteroatoms. The number of likely N-dealkylation sites (tertiary alicyclic amines) is 1. The van der Waals surface area contributed by atoms with Gasteiger partial charge in [-0.3, -0.25) is 23.6 Å². The molecular weight excluding hydrogens is 676 g/mol. The lowest BCUT2D eigenvalue weighted by atomic mass is 9.85. The molecule has 4 aromatic rings. The van der Waals surface area contributed by atoms with Gasteiger partial charge >= 0.3 is 17.8 Å². The van der Waals surface area contributed by atoms with Crippen molar-refractivity contribution in [2.75, 3.05) is 19.6 Å². The monoisotopic (exact) mass is 714 g/mol. The van der Waals surface area contributed by atoms with Crippen molar-refractivity contribution < 1.29 is 41.0 Å². The van der Waals surface area contributed by atoms with Crippen molar-refractivity contribution in [3.8, 4) is 0 Å². The largest absolute Gasteiger partial charge is 0.481 e. The van der Waals surface area contributed by atoms with Gasteiger partial charge in [0.2, 0.25) is 0 Å². The number of aromatic nitrogens is 2. The first-order valence-corrected chi connectivity index (χ1v) is 16.6. The molecule has 5 heterocycles. The van der Waals surface area contributed by atoms with Crippen molar-refractivity contribution in [2.24, 2.45) is 0 Å². The first-order chi connectivity index (χ1) is 24.3. The standard InChI is InChI=1S/C36H38F4N4O7/c1-3-23-10-11-24(51-23)18-42-16-13-35(14-17-42)32-29(21-49-35)43(19-25-26(36(38,39)40)6-4-7-27(25)37)34(48)44(33(32)47)20-28(30-12-9-22(2)50-30)41-15-5-8-31(45)46/h3-4,6-7,9-12,28,41H,1,5,8,13-21H2,2H3,(H,45,46). The molecule has 1 aromatic carbocycles. The Morgan fingerprint density at radius 1 is 1.08 bits per heavy atom. The fourth-order valence-electron chi connectivity index (χ4n) is 6.97. The minimum Gasteiger partial charge on any atom is -0.481 e. The van der Waals surface area contributed by atoms with Crippen LogP contribution in [0.3, 0.4) is 0 Å². The number of aryl methyl sites for hydroxylation is 1. The number of hydrogen-bond acceptors (Lipinski definition) is 8. The molecule has 0 saturated carbocycles. The smallest absolute Gasteiger partial charge is 0.416 e. The molecule has 1 spiro atoms. The number of benzene rings is 1. The molecule has 0 amide bonds. The number of carboxylic acid groups (broad SMARTS) is 1. The minimum absolute atomic E-state index is 0.104. The van der Waals surface area contributed by atoms with Gasteiger partial charge in [-0.15, -0.1) is 0 Å². The number of alkyl halides is 3. The van der Waals surface area contributed by atoms with Crippen LogP contribution in [-0.2, 0) is 47.5 Å². The SMILES string of the molecule is C=Cc1ccc(CN2CCC3(CC2)OCc2c3c(=O)n(CC(NCCCC(=O)O)c3ccc(C)o3)c(=O)n2Cc2c(F)cccc2C(F)(F)F)o1. The van der Waals surface area contributed by atoms with Gasteiger partial charge in [0.15, 0.2) is 0 Å². The second kappa shape index (κ2) is 14.5. The summed E-state index contributed by atoms with van der Waals surface area (Å²) in [6.07, 6.45) is -2.52. The van der Waals surface area contributed by atoms with Crippen LogP contribution >= 0.6 is 0 Å². The van der Waals surface area contributed by atoms with Crippen molar-refractivity contribution in [1.29, 1.82) is 0 Å². The number of nitrogens with one attached hydrogen (secondary N) is 1. The molecule has 0 aliphatic carbocycles. The zero-order chi connectivity index (χ0) is 36.5. The Morgan fingerprint density at radius 3 is 2.49 bits per heavy atom. The van der Waals surface area contributed by atoms with Crippen LogP contribution in [-0.4, -0.2) is 44.7 Å². The summed E-state index contributed by atoms with van der Waals surface area (Å²) in [5, 5.41) is 12.3. The first-order valence-electron chi connectivity index (χ1n) is 16.6. The molecule has 2 N–H and O–H groups in total. The van der Waals surface area contributed by atoms with Gasteiger partial charge in [0, 0.05) is 25.1 Å². The van der Waals surface area contributed by atoms with E-state index in [4.69, 9.17) is 18.7 Å². The third-order valence-electron chi connectivity index (χ3n) is 9.57. The number of carboxylic acids is 1. The lowest BCUT2D eigenvalue weighted by molar-refractivity contribution is -0.138. The quantitative estimate of drug-likeness (QED) is 0.135. The maximum absolute atomic E-state index is 15.2. The van der Waals surface area contributed by atoms with Gasteiger partial charge in [-0.1, -0.05) is 12.6 Å². The molecule has 51 heavy (non-hydrogen) atoms. The summed E-state index contributed by atoms with van der Waals surface area (Å²) in [5.74, 6) is 0.138. The van der Waals surface area contributed by atoms with E-state index in [1.807, 2.05) is 12.1 Å². The van der Waals surface area contributed by atoms with Gasteiger partial charge in [-0.2, -0.15) is 13.2 Å². The molecule has 0 radical (unpaired) electrons. The Kier molecular flexibility index (Phi) is 10.2. The van der Waals surface area contributed by atoms with E-state index in [1.165, 1.54) is 0 Å². The molecule has 1 atom stereocenters. The van der Waals surface area contributed by atoms with E-state index in [1.54, 1.807) is 25.1 Å². The lowest BCUT2D eigenvalue weighted by Gasteiger charge is -2.38. The molecular formula is C36H38F4N4O7. The van der Waals surface area contributed by atoms with E-state index in [0.717, 1.165) is 33.1 Å². The molecule has 0 bridgehead atoms. The van der Waals surface area contributed by atoms with Crippen LogP contribution in [0.25, 0.3) is 6.08 Å². The average molecular weight is 715 g/mol. The fourth-order valence-corrected chi connectivity index (χ4v) is 6.97. The highest BCUT2D eigenvalue weighted by Crippen LogP contribution is 2.43. The number of fused-ring (bicyclic) bond motifs is 2. The molecule has 1 saturated heterocycles. The zero-order valence-electron chi connectivity index (χ0n) is 27.9. The maximum Gasteiger partial charge on any atom is 0.416 e. The van der Waals surface area contributed by atoms with Gasteiger partial charge in [-0.05, 0) is 75.2 Å². The average Bonchev–Trinajstić information content (AvgIpc) is 3.82. The van der Waals surface area contributed by atoms with Crippen LogP contribution in [0, 0.1) is 12.7 Å².